The minimum absolute atomic E-state index is 0.128. The molecular weight excluding hydrogens is 378 g/mol. The van der Waals surface area contributed by atoms with Gasteiger partial charge in [0.1, 0.15) is 12.0 Å². The Morgan fingerprint density at radius 1 is 1.23 bits per heavy atom. The molecule has 0 saturated carbocycles. The van der Waals surface area contributed by atoms with Crippen LogP contribution in [0.1, 0.15) is 6.42 Å². The van der Waals surface area contributed by atoms with Gasteiger partial charge in [0.05, 0.1) is 9.82 Å². The molecule has 8 nitrogen and oxygen atoms in total. The molecule has 0 aliphatic carbocycles. The van der Waals surface area contributed by atoms with Gasteiger partial charge in [-0.2, -0.15) is 0 Å². The Morgan fingerprint density at radius 3 is 2.50 bits per heavy atom. The second kappa shape index (κ2) is 8.79. The van der Waals surface area contributed by atoms with Crippen LogP contribution in [-0.2, 0) is 14.8 Å². The van der Waals surface area contributed by atoms with E-state index in [2.05, 4.69) is 5.32 Å². The largest absolute Gasteiger partial charge is 0.375 e. The van der Waals surface area contributed by atoms with Crippen molar-refractivity contribution < 1.29 is 18.1 Å². The van der Waals surface area contributed by atoms with Gasteiger partial charge in [-0.25, -0.2) is 13.6 Å². The fourth-order valence-electron chi connectivity index (χ4n) is 2.18. The van der Waals surface area contributed by atoms with Crippen LogP contribution in [0.15, 0.2) is 58.3 Å². The lowest BCUT2D eigenvalue weighted by molar-refractivity contribution is -0.384. The quantitative estimate of drug-likeness (QED) is 0.288. The average molecular weight is 395 g/mol. The second-order valence-electron chi connectivity index (χ2n) is 5.35. The maximum Gasteiger partial charge on any atom is 0.293 e. The van der Waals surface area contributed by atoms with Crippen molar-refractivity contribution in [1.82, 2.24) is 0 Å². The zero-order valence-electron chi connectivity index (χ0n) is 13.6. The van der Waals surface area contributed by atoms with Crippen LogP contribution < -0.4 is 10.5 Å². The smallest absolute Gasteiger partial charge is 0.293 e. The molecule has 0 fully saturated rings. The molecule has 10 heteroatoms. The average Bonchev–Trinajstić information content (AvgIpc) is 2.60. The highest BCUT2D eigenvalue weighted by atomic mass is 32.2. The molecule has 0 amide bonds. The van der Waals surface area contributed by atoms with Gasteiger partial charge in [0, 0.05) is 29.2 Å². The number of nitro benzene ring substituents is 1. The number of nitrogens with zero attached hydrogens (tertiary/aromatic N) is 1. The van der Waals surface area contributed by atoms with Crippen molar-refractivity contribution >= 4 is 39.4 Å². The fourth-order valence-corrected chi connectivity index (χ4v) is 3.68. The predicted octanol–water partition coefficient (Wildman–Crippen LogP) is 2.40. The molecule has 0 aromatic heterocycles. The van der Waals surface area contributed by atoms with Gasteiger partial charge < -0.3 is 10.1 Å². The van der Waals surface area contributed by atoms with E-state index >= 15 is 0 Å². The maximum absolute atomic E-state index is 11.4. The van der Waals surface area contributed by atoms with Crippen LogP contribution in [0, 0.1) is 10.1 Å². The van der Waals surface area contributed by atoms with Crippen molar-refractivity contribution in [2.24, 2.45) is 5.14 Å². The number of aldehydes is 1. The molecule has 0 heterocycles. The van der Waals surface area contributed by atoms with Crippen molar-refractivity contribution in [3.63, 3.8) is 0 Å². The first kappa shape index (κ1) is 19.9. The molecule has 3 N–H and O–H groups in total. The molecule has 2 aromatic rings. The number of hydrogen-bond acceptors (Lipinski definition) is 7. The molecular formula is C16H17N3O5S2. The van der Waals surface area contributed by atoms with Crippen LogP contribution in [0.4, 0.5) is 11.4 Å². The predicted molar refractivity (Wildman–Crippen MR) is 99.7 cm³/mol. The molecule has 0 aliphatic heterocycles. The molecule has 0 unspecified atom stereocenters. The lowest BCUT2D eigenvalue weighted by Gasteiger charge is -2.17. The summed E-state index contributed by atoms with van der Waals surface area (Å²) in [4.78, 5) is 22.2. The van der Waals surface area contributed by atoms with Gasteiger partial charge in [0.25, 0.3) is 5.69 Å². The number of carbonyl (C=O) groups is 1. The Bertz CT molecular complexity index is 888. The number of sulfonamides is 1. The van der Waals surface area contributed by atoms with E-state index in [1.807, 2.05) is 30.3 Å². The van der Waals surface area contributed by atoms with E-state index in [0.717, 1.165) is 17.2 Å². The minimum Gasteiger partial charge on any atom is -0.375 e. The van der Waals surface area contributed by atoms with Gasteiger partial charge in [-0.3, -0.25) is 10.1 Å². The summed E-state index contributed by atoms with van der Waals surface area (Å²) in [7, 11) is -4.05. The van der Waals surface area contributed by atoms with Crippen molar-refractivity contribution in [3.05, 3.63) is 58.6 Å². The third-order valence-electron chi connectivity index (χ3n) is 3.43. The van der Waals surface area contributed by atoms with E-state index < -0.39 is 20.6 Å². The Morgan fingerprint density at radius 2 is 1.92 bits per heavy atom. The molecule has 0 radical (unpaired) electrons. The number of rotatable bonds is 9. The van der Waals surface area contributed by atoms with Crippen LogP contribution in [-0.4, -0.2) is 31.4 Å². The van der Waals surface area contributed by atoms with E-state index in [1.54, 1.807) is 0 Å². The zero-order valence-corrected chi connectivity index (χ0v) is 15.2. The van der Waals surface area contributed by atoms with Crippen molar-refractivity contribution in [3.8, 4) is 0 Å². The zero-order chi connectivity index (χ0) is 19.2. The number of benzene rings is 2. The Balaban J connectivity index is 2.21. The number of anilines is 1. The van der Waals surface area contributed by atoms with E-state index in [9.17, 15) is 23.3 Å². The lowest BCUT2D eigenvalue weighted by atomic mass is 10.2. The van der Waals surface area contributed by atoms with E-state index in [1.165, 1.54) is 23.9 Å². The minimum atomic E-state index is -4.05. The van der Waals surface area contributed by atoms with Gasteiger partial charge >= 0.3 is 0 Å². The number of carbonyl (C=O) groups excluding carboxylic acids is 1. The van der Waals surface area contributed by atoms with E-state index in [4.69, 9.17) is 5.14 Å². The summed E-state index contributed by atoms with van der Waals surface area (Å²) >= 11 is 1.50. The molecule has 0 spiro atoms. The Labute approximate surface area is 155 Å². The summed E-state index contributed by atoms with van der Waals surface area (Å²) in [6.45, 7) is 0. The number of primary sulfonamides is 1. The van der Waals surface area contributed by atoms with Gasteiger partial charge in [-0.05, 0) is 24.3 Å². The van der Waals surface area contributed by atoms with Gasteiger partial charge in [0.2, 0.25) is 10.0 Å². The first-order valence-electron chi connectivity index (χ1n) is 7.50. The highest BCUT2D eigenvalue weighted by Crippen LogP contribution is 2.29. The summed E-state index contributed by atoms with van der Waals surface area (Å²) in [6.07, 6.45) is 0.877. The van der Waals surface area contributed by atoms with E-state index in [0.29, 0.717) is 5.75 Å². The Hall–Kier alpha value is -2.43. The van der Waals surface area contributed by atoms with Crippen molar-refractivity contribution in [2.75, 3.05) is 11.1 Å². The van der Waals surface area contributed by atoms with E-state index in [-0.39, 0.29) is 23.0 Å². The molecule has 0 aliphatic rings. The molecule has 26 heavy (non-hydrogen) atoms. The van der Waals surface area contributed by atoms with Crippen LogP contribution in [0.25, 0.3) is 0 Å². The van der Waals surface area contributed by atoms with Crippen molar-refractivity contribution in [2.45, 2.75) is 22.3 Å². The third kappa shape index (κ3) is 5.55. The van der Waals surface area contributed by atoms with Crippen LogP contribution in [0.2, 0.25) is 0 Å². The number of nitro groups is 1. The van der Waals surface area contributed by atoms with Crippen LogP contribution >= 0.6 is 11.8 Å². The Kier molecular flexibility index (Phi) is 6.72. The summed E-state index contributed by atoms with van der Waals surface area (Å²) in [5, 5.41) is 19.2. The summed E-state index contributed by atoms with van der Waals surface area (Å²) in [6, 6.07) is 12.5. The number of thioether (sulfide) groups is 1. The fraction of sp³-hybridized carbons (Fsp3) is 0.188. The second-order valence-corrected chi connectivity index (χ2v) is 8.00. The standard InChI is InChI=1S/C16H17N3O5S2/c17-26(23,24)14-6-7-15(16(10-14)19(21)22)18-12(8-9-20)11-25-13-4-2-1-3-5-13/h1-7,9-10,12,18H,8,11H2,(H2,17,23,24)/t12-/m1/s1. The van der Waals surface area contributed by atoms with Crippen LogP contribution in [0.5, 0.6) is 0 Å². The summed E-state index contributed by atoms with van der Waals surface area (Å²) < 4.78 is 22.8. The highest BCUT2D eigenvalue weighted by molar-refractivity contribution is 7.99. The first-order chi connectivity index (χ1) is 12.3. The number of hydrogen-bond donors (Lipinski definition) is 2. The lowest BCUT2D eigenvalue weighted by Crippen LogP contribution is -2.23. The normalized spacial score (nSPS) is 12.3. The molecule has 1 atom stereocenters. The van der Waals surface area contributed by atoms with Crippen molar-refractivity contribution in [1.29, 1.82) is 0 Å². The molecule has 2 rings (SSSR count). The molecule has 2 aromatic carbocycles. The third-order valence-corrected chi connectivity index (χ3v) is 5.51. The molecule has 138 valence electrons. The van der Waals surface area contributed by atoms with Gasteiger partial charge in [-0.1, -0.05) is 18.2 Å². The highest BCUT2D eigenvalue weighted by Gasteiger charge is 2.21. The number of nitrogens with two attached hydrogens (primary N) is 1. The molecule has 0 bridgehead atoms. The molecule has 0 saturated heterocycles. The number of nitrogens with one attached hydrogen (secondary N) is 1. The topological polar surface area (TPSA) is 132 Å². The monoisotopic (exact) mass is 395 g/mol. The van der Waals surface area contributed by atoms with Crippen LogP contribution in [0.3, 0.4) is 0 Å². The maximum atomic E-state index is 11.4. The SMILES string of the molecule is NS(=O)(=O)c1ccc(N[C@H](CC=O)CSc2ccccc2)c([N+](=O)[O-])c1. The van der Waals surface area contributed by atoms with Gasteiger partial charge in [-0.15, -0.1) is 11.8 Å². The summed E-state index contributed by atoms with van der Waals surface area (Å²) in [5.41, 5.74) is -0.292. The van der Waals surface area contributed by atoms with Gasteiger partial charge in [0.15, 0.2) is 0 Å². The first-order valence-corrected chi connectivity index (χ1v) is 10.0. The summed E-state index contributed by atoms with van der Waals surface area (Å²) in [5.74, 6) is 0.497.